The lowest BCUT2D eigenvalue weighted by atomic mass is 9.77. The maximum Gasteiger partial charge on any atom is 0.0857 e. The van der Waals surface area contributed by atoms with Gasteiger partial charge in [-0.25, -0.2) is 0 Å². The van der Waals surface area contributed by atoms with Gasteiger partial charge in [0, 0.05) is 12.1 Å². The number of piperidine rings is 2. The van der Waals surface area contributed by atoms with Crippen molar-refractivity contribution in [3.8, 4) is 0 Å². The first-order valence-corrected chi connectivity index (χ1v) is 5.34. The van der Waals surface area contributed by atoms with Crippen LogP contribution in [0.15, 0.2) is 12.2 Å². The van der Waals surface area contributed by atoms with Crippen LogP contribution in [0.4, 0.5) is 0 Å². The summed E-state index contributed by atoms with van der Waals surface area (Å²) in [5.74, 6) is 0. The molecule has 2 saturated heterocycles. The number of hydrogen-bond donors (Lipinski definition) is 2. The molecule has 74 valence electrons. The van der Waals surface area contributed by atoms with Gasteiger partial charge >= 0.3 is 0 Å². The lowest BCUT2D eigenvalue weighted by Gasteiger charge is -2.44. The van der Waals surface area contributed by atoms with Crippen LogP contribution in [-0.2, 0) is 0 Å². The van der Waals surface area contributed by atoms with Gasteiger partial charge in [-0.2, -0.15) is 0 Å². The number of hydrogen-bond acceptors (Lipinski definition) is 2. The Kier molecular flexibility index (Phi) is 2.43. The summed E-state index contributed by atoms with van der Waals surface area (Å²) in [5, 5.41) is 13.8. The molecule has 2 nitrogen and oxygen atoms in total. The van der Waals surface area contributed by atoms with Crippen molar-refractivity contribution in [3.63, 3.8) is 0 Å². The summed E-state index contributed by atoms with van der Waals surface area (Å²) in [5.41, 5.74) is -0.518. The molecular weight excluding hydrogens is 162 g/mol. The molecule has 2 fully saturated rings. The van der Waals surface area contributed by atoms with E-state index in [1.54, 1.807) is 0 Å². The Balaban J connectivity index is 2.08. The van der Waals surface area contributed by atoms with Crippen molar-refractivity contribution in [2.75, 3.05) is 0 Å². The lowest BCUT2D eigenvalue weighted by Crippen LogP contribution is -2.54. The van der Waals surface area contributed by atoms with E-state index in [-0.39, 0.29) is 0 Å². The molecule has 0 aromatic carbocycles. The second-order valence-corrected chi connectivity index (χ2v) is 4.50. The average Bonchev–Trinajstić information content (AvgIpc) is 2.02. The van der Waals surface area contributed by atoms with Gasteiger partial charge in [-0.1, -0.05) is 18.6 Å². The van der Waals surface area contributed by atoms with Gasteiger partial charge in [0.05, 0.1) is 5.60 Å². The van der Waals surface area contributed by atoms with E-state index in [2.05, 4.69) is 5.32 Å². The molecule has 2 atom stereocenters. The van der Waals surface area contributed by atoms with Gasteiger partial charge < -0.3 is 10.4 Å². The summed E-state index contributed by atoms with van der Waals surface area (Å²) in [7, 11) is 0. The quantitative estimate of drug-likeness (QED) is 0.602. The third-order valence-corrected chi connectivity index (χ3v) is 3.25. The van der Waals surface area contributed by atoms with Crippen LogP contribution >= 0.6 is 0 Å². The molecule has 0 saturated carbocycles. The monoisotopic (exact) mass is 181 g/mol. The van der Waals surface area contributed by atoms with Crippen LogP contribution in [-0.4, -0.2) is 22.8 Å². The summed E-state index contributed by atoms with van der Waals surface area (Å²) in [4.78, 5) is 0. The Bertz CT molecular complexity index is 200. The highest BCUT2D eigenvalue weighted by Crippen LogP contribution is 2.33. The normalized spacial score (nSPS) is 45.4. The molecule has 2 heteroatoms. The highest BCUT2D eigenvalue weighted by molar-refractivity contribution is 5.08. The predicted molar refractivity (Wildman–Crippen MR) is 53.6 cm³/mol. The number of fused-ring (bicyclic) bond motifs is 2. The van der Waals surface area contributed by atoms with Crippen molar-refractivity contribution in [3.05, 3.63) is 12.2 Å². The van der Waals surface area contributed by atoms with Crippen molar-refractivity contribution in [2.45, 2.75) is 56.7 Å². The van der Waals surface area contributed by atoms with Gasteiger partial charge in [-0.3, -0.25) is 0 Å². The second kappa shape index (κ2) is 3.43. The molecular formula is C11H19NO. The van der Waals surface area contributed by atoms with E-state index < -0.39 is 5.60 Å². The van der Waals surface area contributed by atoms with E-state index in [9.17, 15) is 5.11 Å². The van der Waals surface area contributed by atoms with Crippen LogP contribution in [0.1, 0.15) is 39.0 Å². The second-order valence-electron chi connectivity index (χ2n) is 4.50. The summed E-state index contributed by atoms with van der Waals surface area (Å²) >= 11 is 0. The molecule has 0 spiro atoms. The van der Waals surface area contributed by atoms with Crippen molar-refractivity contribution in [1.82, 2.24) is 5.32 Å². The average molecular weight is 181 g/mol. The van der Waals surface area contributed by atoms with Crippen LogP contribution in [0.5, 0.6) is 0 Å². The van der Waals surface area contributed by atoms with Gasteiger partial charge in [0.1, 0.15) is 0 Å². The minimum atomic E-state index is -0.518. The predicted octanol–water partition coefficient (Wildman–Crippen LogP) is 1.60. The van der Waals surface area contributed by atoms with Crippen molar-refractivity contribution in [1.29, 1.82) is 0 Å². The minimum Gasteiger partial charge on any atom is -0.386 e. The molecule has 2 rings (SSSR count). The molecule has 2 unspecified atom stereocenters. The maximum atomic E-state index is 10.3. The zero-order valence-electron chi connectivity index (χ0n) is 8.29. The fourth-order valence-electron chi connectivity index (χ4n) is 2.82. The SMILES string of the molecule is C/C=C\C1(O)CC2CCCC(C1)N2. The highest BCUT2D eigenvalue weighted by Gasteiger charge is 2.38. The molecule has 13 heavy (non-hydrogen) atoms. The van der Waals surface area contributed by atoms with Crippen molar-refractivity contribution in [2.24, 2.45) is 0 Å². The van der Waals surface area contributed by atoms with Gasteiger partial charge in [0.15, 0.2) is 0 Å². The van der Waals surface area contributed by atoms with Gasteiger partial charge in [-0.15, -0.1) is 0 Å². The number of rotatable bonds is 1. The summed E-state index contributed by atoms with van der Waals surface area (Å²) in [6.45, 7) is 1.98. The molecule has 0 amide bonds. The molecule has 2 N–H and O–H groups in total. The molecule has 2 heterocycles. The third-order valence-electron chi connectivity index (χ3n) is 3.25. The Morgan fingerprint density at radius 1 is 1.31 bits per heavy atom. The fraction of sp³-hybridized carbons (Fsp3) is 0.818. The van der Waals surface area contributed by atoms with E-state index in [1.807, 2.05) is 19.1 Å². The molecule has 0 aromatic heterocycles. The zero-order chi connectivity index (χ0) is 9.31. The number of allylic oxidation sites excluding steroid dienone is 1. The van der Waals surface area contributed by atoms with E-state index >= 15 is 0 Å². The topological polar surface area (TPSA) is 32.3 Å². The minimum absolute atomic E-state index is 0.518. The first kappa shape index (κ1) is 9.22. The summed E-state index contributed by atoms with van der Waals surface area (Å²) < 4.78 is 0. The molecule has 0 aromatic rings. The van der Waals surface area contributed by atoms with Crippen LogP contribution in [0, 0.1) is 0 Å². The molecule has 0 aliphatic carbocycles. The van der Waals surface area contributed by atoms with E-state index in [0.29, 0.717) is 12.1 Å². The third kappa shape index (κ3) is 1.94. The van der Waals surface area contributed by atoms with Crippen LogP contribution in [0.25, 0.3) is 0 Å². The maximum absolute atomic E-state index is 10.3. The van der Waals surface area contributed by atoms with E-state index in [1.165, 1.54) is 19.3 Å². The Labute approximate surface area is 80.0 Å². The molecule has 0 radical (unpaired) electrons. The Hall–Kier alpha value is -0.340. The molecule has 2 bridgehead atoms. The lowest BCUT2D eigenvalue weighted by molar-refractivity contribution is 0.00925. The molecule has 2 aliphatic rings. The van der Waals surface area contributed by atoms with E-state index in [0.717, 1.165) is 12.8 Å². The smallest absolute Gasteiger partial charge is 0.0857 e. The number of nitrogens with one attached hydrogen (secondary N) is 1. The Morgan fingerprint density at radius 3 is 2.46 bits per heavy atom. The van der Waals surface area contributed by atoms with Crippen molar-refractivity contribution >= 4 is 0 Å². The summed E-state index contributed by atoms with van der Waals surface area (Å²) in [6.07, 6.45) is 9.53. The van der Waals surface area contributed by atoms with Crippen LogP contribution in [0.2, 0.25) is 0 Å². The van der Waals surface area contributed by atoms with E-state index in [4.69, 9.17) is 0 Å². The van der Waals surface area contributed by atoms with Gasteiger partial charge in [-0.05, 0) is 32.6 Å². The Morgan fingerprint density at radius 2 is 1.92 bits per heavy atom. The van der Waals surface area contributed by atoms with Crippen molar-refractivity contribution < 1.29 is 5.11 Å². The molecule has 2 aliphatic heterocycles. The van der Waals surface area contributed by atoms with Crippen LogP contribution in [0.3, 0.4) is 0 Å². The van der Waals surface area contributed by atoms with Gasteiger partial charge in [0.25, 0.3) is 0 Å². The zero-order valence-corrected chi connectivity index (χ0v) is 8.29. The standard InChI is InChI=1S/C11H19NO/c1-2-6-11(13)7-9-4-3-5-10(8-11)12-9/h2,6,9-10,12-13H,3-5,7-8H2,1H3/b6-2-. The first-order chi connectivity index (χ1) is 6.22. The fourth-order valence-corrected chi connectivity index (χ4v) is 2.82. The summed E-state index contributed by atoms with van der Waals surface area (Å²) in [6, 6.07) is 1.10. The highest BCUT2D eigenvalue weighted by atomic mass is 16.3. The van der Waals surface area contributed by atoms with Gasteiger partial charge in [0.2, 0.25) is 0 Å². The van der Waals surface area contributed by atoms with Crippen LogP contribution < -0.4 is 5.32 Å². The number of aliphatic hydroxyl groups is 1. The largest absolute Gasteiger partial charge is 0.386 e. The first-order valence-electron chi connectivity index (χ1n) is 5.34.